The van der Waals surface area contributed by atoms with Gasteiger partial charge in [-0.3, -0.25) is 14.9 Å². The SMILES string of the molecule is Cc1ccc(S(=O)(=O)CCC(=O)OCC(=O)Nc2cc(C(C)(C)C)no2)cc1. The normalized spacial score (nSPS) is 11.9. The fourth-order valence-corrected chi connectivity index (χ4v) is 3.38. The van der Waals surface area contributed by atoms with Crippen LogP contribution in [0.15, 0.2) is 39.8 Å². The first kappa shape index (κ1) is 21.6. The van der Waals surface area contributed by atoms with Crippen LogP contribution in [0.4, 0.5) is 5.88 Å². The van der Waals surface area contributed by atoms with E-state index in [0.29, 0.717) is 5.69 Å². The van der Waals surface area contributed by atoms with Crippen LogP contribution in [0, 0.1) is 6.92 Å². The van der Waals surface area contributed by atoms with Crippen LogP contribution in [0.25, 0.3) is 0 Å². The summed E-state index contributed by atoms with van der Waals surface area (Å²) < 4.78 is 34.2. The highest BCUT2D eigenvalue weighted by atomic mass is 32.2. The molecule has 0 radical (unpaired) electrons. The van der Waals surface area contributed by atoms with Gasteiger partial charge in [-0.05, 0) is 19.1 Å². The second kappa shape index (κ2) is 8.55. The Balaban J connectivity index is 1.79. The van der Waals surface area contributed by atoms with Gasteiger partial charge in [-0.1, -0.05) is 43.6 Å². The Hall–Kier alpha value is -2.68. The molecule has 0 unspecified atom stereocenters. The monoisotopic (exact) mass is 408 g/mol. The van der Waals surface area contributed by atoms with Gasteiger partial charge in [-0.15, -0.1) is 0 Å². The van der Waals surface area contributed by atoms with Gasteiger partial charge in [0.15, 0.2) is 16.4 Å². The number of anilines is 1. The number of ether oxygens (including phenoxy) is 1. The molecule has 2 rings (SSSR count). The smallest absolute Gasteiger partial charge is 0.307 e. The maximum absolute atomic E-state index is 12.2. The average Bonchev–Trinajstić information content (AvgIpc) is 3.07. The summed E-state index contributed by atoms with van der Waals surface area (Å²) in [5.74, 6) is -1.63. The molecule has 9 heteroatoms. The molecule has 2 aromatic rings. The maximum Gasteiger partial charge on any atom is 0.307 e. The number of esters is 1. The Morgan fingerprint density at radius 1 is 1.18 bits per heavy atom. The first-order chi connectivity index (χ1) is 13.0. The standard InChI is InChI=1S/C19H24N2O6S/c1-13-5-7-14(8-6-13)28(24,25)10-9-18(23)26-12-16(22)20-17-11-15(21-27-17)19(2,3)4/h5-8,11H,9-10,12H2,1-4H3,(H,20,22). The molecule has 1 aromatic heterocycles. The van der Waals surface area contributed by atoms with Crippen LogP contribution in [0.3, 0.4) is 0 Å². The Bertz CT molecular complexity index is 940. The van der Waals surface area contributed by atoms with Crippen molar-refractivity contribution < 1.29 is 27.3 Å². The average molecular weight is 408 g/mol. The van der Waals surface area contributed by atoms with Crippen molar-refractivity contribution in [2.24, 2.45) is 0 Å². The van der Waals surface area contributed by atoms with E-state index in [0.717, 1.165) is 5.56 Å². The Labute approximate surface area is 164 Å². The highest BCUT2D eigenvalue weighted by Gasteiger charge is 2.20. The highest BCUT2D eigenvalue weighted by molar-refractivity contribution is 7.91. The molecule has 8 nitrogen and oxygen atoms in total. The molecule has 1 aromatic carbocycles. The van der Waals surface area contributed by atoms with E-state index < -0.39 is 34.1 Å². The predicted molar refractivity (Wildman–Crippen MR) is 103 cm³/mol. The van der Waals surface area contributed by atoms with Crippen LogP contribution in [0.5, 0.6) is 0 Å². The summed E-state index contributed by atoms with van der Waals surface area (Å²) in [5, 5.41) is 6.29. The summed E-state index contributed by atoms with van der Waals surface area (Å²) in [4.78, 5) is 23.7. The van der Waals surface area contributed by atoms with Crippen molar-refractivity contribution in [1.29, 1.82) is 0 Å². The third-order valence-electron chi connectivity index (χ3n) is 3.86. The number of carbonyl (C=O) groups is 2. The second-order valence-electron chi connectivity index (χ2n) is 7.42. The lowest BCUT2D eigenvalue weighted by Gasteiger charge is -2.12. The van der Waals surface area contributed by atoms with Crippen molar-refractivity contribution in [2.75, 3.05) is 17.7 Å². The molecule has 0 bridgehead atoms. The molecule has 0 saturated carbocycles. The number of rotatable bonds is 7. The molecule has 0 spiro atoms. The predicted octanol–water partition coefficient (Wildman–Crippen LogP) is 2.63. The molecule has 1 amide bonds. The topological polar surface area (TPSA) is 116 Å². The number of sulfone groups is 1. The zero-order valence-electron chi connectivity index (χ0n) is 16.3. The van der Waals surface area contributed by atoms with E-state index in [-0.39, 0.29) is 22.6 Å². The molecule has 0 aliphatic heterocycles. The van der Waals surface area contributed by atoms with Crippen LogP contribution in [0.1, 0.15) is 38.4 Å². The molecule has 0 aliphatic rings. The molecule has 0 aliphatic carbocycles. The van der Waals surface area contributed by atoms with Gasteiger partial charge in [0, 0.05) is 11.5 Å². The molecule has 0 fully saturated rings. The lowest BCUT2D eigenvalue weighted by Crippen LogP contribution is -2.22. The number of hydrogen-bond donors (Lipinski definition) is 1. The lowest BCUT2D eigenvalue weighted by atomic mass is 9.92. The van der Waals surface area contributed by atoms with E-state index >= 15 is 0 Å². The van der Waals surface area contributed by atoms with Gasteiger partial charge >= 0.3 is 5.97 Å². The van der Waals surface area contributed by atoms with E-state index in [1.54, 1.807) is 18.2 Å². The zero-order valence-corrected chi connectivity index (χ0v) is 17.1. The van der Waals surface area contributed by atoms with Gasteiger partial charge in [0.2, 0.25) is 5.88 Å². The molecule has 1 heterocycles. The van der Waals surface area contributed by atoms with Crippen LogP contribution >= 0.6 is 0 Å². The molecule has 152 valence electrons. The Morgan fingerprint density at radius 3 is 2.39 bits per heavy atom. The summed E-state index contributed by atoms with van der Waals surface area (Å²) in [6, 6.07) is 7.95. The Morgan fingerprint density at radius 2 is 1.82 bits per heavy atom. The minimum atomic E-state index is -3.60. The van der Waals surface area contributed by atoms with Gasteiger partial charge in [0.05, 0.1) is 22.8 Å². The number of hydrogen-bond acceptors (Lipinski definition) is 7. The maximum atomic E-state index is 12.2. The number of benzene rings is 1. The summed E-state index contributed by atoms with van der Waals surface area (Å²) in [5.41, 5.74) is 1.37. The molecular weight excluding hydrogens is 384 g/mol. The second-order valence-corrected chi connectivity index (χ2v) is 9.53. The number of carbonyl (C=O) groups excluding carboxylic acids is 2. The van der Waals surface area contributed by atoms with Gasteiger partial charge < -0.3 is 9.26 Å². The minimum absolute atomic E-state index is 0.142. The lowest BCUT2D eigenvalue weighted by molar-refractivity contribution is -0.146. The first-order valence-corrected chi connectivity index (χ1v) is 10.3. The molecule has 0 atom stereocenters. The molecular formula is C19H24N2O6S. The molecule has 28 heavy (non-hydrogen) atoms. The van der Waals surface area contributed by atoms with Crippen molar-refractivity contribution in [3.05, 3.63) is 41.6 Å². The summed E-state index contributed by atoms with van der Waals surface area (Å²) >= 11 is 0. The highest BCUT2D eigenvalue weighted by Crippen LogP contribution is 2.23. The van der Waals surface area contributed by atoms with Gasteiger partial charge in [-0.25, -0.2) is 8.42 Å². The van der Waals surface area contributed by atoms with Gasteiger partial charge in [0.1, 0.15) is 0 Å². The fourth-order valence-electron chi connectivity index (χ4n) is 2.16. The van der Waals surface area contributed by atoms with Crippen LogP contribution in [-0.4, -0.2) is 37.8 Å². The number of aryl methyl sites for hydroxylation is 1. The van der Waals surface area contributed by atoms with Crippen LogP contribution in [0.2, 0.25) is 0 Å². The van der Waals surface area contributed by atoms with E-state index in [2.05, 4.69) is 10.5 Å². The van der Waals surface area contributed by atoms with Crippen molar-refractivity contribution in [3.8, 4) is 0 Å². The number of aromatic nitrogens is 1. The van der Waals surface area contributed by atoms with Crippen molar-refractivity contribution in [1.82, 2.24) is 5.16 Å². The van der Waals surface area contributed by atoms with E-state index in [9.17, 15) is 18.0 Å². The minimum Gasteiger partial charge on any atom is -0.456 e. The molecule has 0 saturated heterocycles. The van der Waals surface area contributed by atoms with Gasteiger partial charge in [0.25, 0.3) is 5.91 Å². The molecule has 1 N–H and O–H groups in total. The Kier molecular flexibility index (Phi) is 6.60. The summed E-state index contributed by atoms with van der Waals surface area (Å²) in [6.07, 6.45) is -0.347. The van der Waals surface area contributed by atoms with Crippen molar-refractivity contribution >= 4 is 27.6 Å². The van der Waals surface area contributed by atoms with Crippen molar-refractivity contribution in [3.63, 3.8) is 0 Å². The third-order valence-corrected chi connectivity index (χ3v) is 5.59. The number of nitrogens with zero attached hydrogens (tertiary/aromatic N) is 1. The summed E-state index contributed by atoms with van der Waals surface area (Å²) in [7, 11) is -3.60. The fraction of sp³-hybridized carbons (Fsp3) is 0.421. The van der Waals surface area contributed by atoms with Crippen LogP contribution in [-0.2, 0) is 29.6 Å². The number of amides is 1. The first-order valence-electron chi connectivity index (χ1n) is 8.69. The largest absolute Gasteiger partial charge is 0.456 e. The van der Waals surface area contributed by atoms with Gasteiger partial charge in [-0.2, -0.15) is 0 Å². The number of nitrogens with one attached hydrogen (secondary N) is 1. The van der Waals surface area contributed by atoms with Crippen LogP contribution < -0.4 is 5.32 Å². The van der Waals surface area contributed by atoms with E-state index in [1.165, 1.54) is 12.1 Å². The zero-order chi connectivity index (χ0) is 20.9. The van der Waals surface area contributed by atoms with Crippen molar-refractivity contribution in [2.45, 2.75) is 44.4 Å². The quantitative estimate of drug-likeness (QED) is 0.700. The van der Waals surface area contributed by atoms with E-state index in [1.807, 2.05) is 27.7 Å². The van der Waals surface area contributed by atoms with E-state index in [4.69, 9.17) is 9.26 Å². The third kappa shape index (κ3) is 6.19. The summed E-state index contributed by atoms with van der Waals surface area (Å²) in [6.45, 7) is 7.14.